The molecular weight excluding hydrogens is 536 g/mol. The molecule has 0 aliphatic carbocycles. The van der Waals surface area contributed by atoms with Crippen molar-refractivity contribution in [3.05, 3.63) is 59.5 Å². The Morgan fingerprint density at radius 2 is 1.87 bits per heavy atom. The molecule has 2 aliphatic rings. The van der Waals surface area contributed by atoms with Gasteiger partial charge in [-0.3, -0.25) is 5.73 Å². The fourth-order valence-corrected chi connectivity index (χ4v) is 6.13. The summed E-state index contributed by atoms with van der Waals surface area (Å²) in [6.45, 7) is 0.953. The van der Waals surface area contributed by atoms with Gasteiger partial charge in [0.15, 0.2) is 6.23 Å². The van der Waals surface area contributed by atoms with Crippen LogP contribution in [0.1, 0.15) is 29.7 Å². The minimum atomic E-state index is -5.21. The highest BCUT2D eigenvalue weighted by Gasteiger charge is 2.44. The number of nitrogens with zero attached hydrogens (tertiary/aromatic N) is 3. The number of carbonyl (C=O) groups is 1. The minimum absolute atomic E-state index is 0.000931. The third-order valence-corrected chi connectivity index (χ3v) is 8.33. The molecule has 0 amide bonds. The second kappa shape index (κ2) is 11.5. The first-order valence-corrected chi connectivity index (χ1v) is 13.1. The Bertz CT molecular complexity index is 1230. The van der Waals surface area contributed by atoms with E-state index in [-0.39, 0.29) is 56.8 Å². The van der Waals surface area contributed by atoms with E-state index in [0.717, 1.165) is 5.56 Å². The van der Waals surface area contributed by atoms with E-state index in [4.69, 9.17) is 15.2 Å². The Morgan fingerprint density at radius 3 is 2.53 bits per heavy atom. The number of carbonyl (C=O) groups excluding carboxylic acids is 1. The molecule has 1 aromatic heterocycles. The van der Waals surface area contributed by atoms with Gasteiger partial charge in [-0.1, -0.05) is 12.1 Å². The average molecular weight is 563 g/mol. The first kappa shape index (κ1) is 28.2. The number of morpholine rings is 1. The first-order valence-electron chi connectivity index (χ1n) is 11.7. The Balaban J connectivity index is 1.50. The maximum absolute atomic E-state index is 13.5. The minimum Gasteiger partial charge on any atom is -0.476 e. The number of alkyl halides is 3. The average Bonchev–Trinajstić information content (AvgIpc) is 3.33. The van der Waals surface area contributed by atoms with Crippen molar-refractivity contribution >= 4 is 16.2 Å². The Morgan fingerprint density at radius 1 is 1.18 bits per heavy atom. The molecule has 3 atom stereocenters. The second-order valence-corrected chi connectivity index (χ2v) is 10.7. The van der Waals surface area contributed by atoms with Crippen molar-refractivity contribution in [3.63, 3.8) is 0 Å². The lowest BCUT2D eigenvalue weighted by molar-refractivity contribution is -0.205. The van der Waals surface area contributed by atoms with Crippen LogP contribution in [0.5, 0.6) is 5.88 Å². The van der Waals surface area contributed by atoms with Gasteiger partial charge in [-0.15, -0.1) is 0 Å². The highest BCUT2D eigenvalue weighted by atomic mass is 32.2. The summed E-state index contributed by atoms with van der Waals surface area (Å²) < 4.78 is 95.8. The molecule has 1 aromatic carbocycles. The summed E-state index contributed by atoms with van der Waals surface area (Å²) in [5, 5.41) is 0. The highest BCUT2D eigenvalue weighted by Crippen LogP contribution is 2.35. The molecule has 2 aromatic rings. The van der Waals surface area contributed by atoms with Gasteiger partial charge in [0, 0.05) is 37.5 Å². The number of ether oxygens (including phenoxy) is 3. The Labute approximate surface area is 216 Å². The lowest BCUT2D eigenvalue weighted by atomic mass is 9.96. The molecule has 2 N–H and O–H groups in total. The van der Waals surface area contributed by atoms with Gasteiger partial charge in [-0.2, -0.15) is 30.2 Å². The maximum Gasteiger partial charge on any atom is 0.490 e. The molecule has 2 saturated heterocycles. The number of benzene rings is 1. The van der Waals surface area contributed by atoms with E-state index in [1.165, 1.54) is 39.1 Å². The predicted molar refractivity (Wildman–Crippen MR) is 124 cm³/mol. The van der Waals surface area contributed by atoms with E-state index in [0.29, 0.717) is 6.42 Å². The van der Waals surface area contributed by atoms with Crippen LogP contribution in [0.2, 0.25) is 0 Å². The summed E-state index contributed by atoms with van der Waals surface area (Å²) >= 11 is 0. The van der Waals surface area contributed by atoms with E-state index in [9.17, 15) is 30.8 Å². The summed E-state index contributed by atoms with van der Waals surface area (Å²) in [5.41, 5.74) is 6.35. The van der Waals surface area contributed by atoms with Crippen LogP contribution in [-0.4, -0.2) is 79.7 Å². The molecule has 0 saturated carbocycles. The molecule has 38 heavy (non-hydrogen) atoms. The summed E-state index contributed by atoms with van der Waals surface area (Å²) in [6, 6.07) is 7.68. The molecule has 0 radical (unpaired) electrons. The van der Waals surface area contributed by atoms with Crippen LogP contribution in [0.3, 0.4) is 0 Å². The van der Waals surface area contributed by atoms with E-state index < -0.39 is 40.4 Å². The van der Waals surface area contributed by atoms with Crippen LogP contribution in [0.25, 0.3) is 0 Å². The summed E-state index contributed by atoms with van der Waals surface area (Å²) in [4.78, 5) is 15.1. The van der Waals surface area contributed by atoms with Crippen molar-refractivity contribution in [2.45, 2.75) is 30.8 Å². The molecular formula is C23H26F4N4O6S. The van der Waals surface area contributed by atoms with Crippen LogP contribution in [0, 0.1) is 5.82 Å². The second-order valence-electron chi connectivity index (χ2n) is 8.79. The first-order chi connectivity index (χ1) is 17.9. The zero-order valence-corrected chi connectivity index (χ0v) is 20.8. The third kappa shape index (κ3) is 6.58. The van der Waals surface area contributed by atoms with Crippen molar-refractivity contribution < 1.29 is 45.0 Å². The number of hydrogen-bond donors (Lipinski definition) is 1. The van der Waals surface area contributed by atoms with E-state index in [1.807, 2.05) is 0 Å². The molecule has 0 bridgehead atoms. The molecule has 2 aliphatic heterocycles. The van der Waals surface area contributed by atoms with Crippen molar-refractivity contribution in [3.8, 4) is 5.88 Å². The van der Waals surface area contributed by atoms with Gasteiger partial charge in [0.2, 0.25) is 5.88 Å². The van der Waals surface area contributed by atoms with E-state index >= 15 is 0 Å². The summed E-state index contributed by atoms with van der Waals surface area (Å²) in [5.74, 6) is -3.12. The van der Waals surface area contributed by atoms with E-state index in [1.54, 1.807) is 12.1 Å². The van der Waals surface area contributed by atoms with Crippen LogP contribution < -0.4 is 10.5 Å². The molecule has 3 unspecified atom stereocenters. The summed E-state index contributed by atoms with van der Waals surface area (Å²) in [6.07, 6.45) is -5.34. The molecule has 208 valence electrons. The van der Waals surface area contributed by atoms with Crippen LogP contribution >= 0.6 is 0 Å². The number of pyridine rings is 1. The summed E-state index contributed by atoms with van der Waals surface area (Å²) in [7, 11) is -3.89. The lowest BCUT2D eigenvalue weighted by Gasteiger charge is -2.32. The van der Waals surface area contributed by atoms with E-state index in [2.05, 4.69) is 9.72 Å². The van der Waals surface area contributed by atoms with Gasteiger partial charge in [0.05, 0.1) is 19.3 Å². The molecule has 15 heteroatoms. The quantitative estimate of drug-likeness (QED) is 0.295. The highest BCUT2D eigenvalue weighted by molar-refractivity contribution is 7.86. The fourth-order valence-electron chi connectivity index (χ4n) is 4.34. The number of aromatic nitrogens is 1. The largest absolute Gasteiger partial charge is 0.490 e. The van der Waals surface area contributed by atoms with Crippen LogP contribution in [0.15, 0.2) is 42.6 Å². The zero-order valence-electron chi connectivity index (χ0n) is 20.0. The monoisotopic (exact) mass is 562 g/mol. The van der Waals surface area contributed by atoms with Crippen molar-refractivity contribution in [1.29, 1.82) is 0 Å². The van der Waals surface area contributed by atoms with Gasteiger partial charge in [-0.05, 0) is 36.1 Å². The normalized spacial score (nSPS) is 22.2. The van der Waals surface area contributed by atoms with Crippen molar-refractivity contribution in [1.82, 2.24) is 13.6 Å². The molecule has 4 rings (SSSR count). The number of halogens is 4. The van der Waals surface area contributed by atoms with Crippen LogP contribution in [-0.2, 0) is 24.5 Å². The lowest BCUT2D eigenvalue weighted by Crippen LogP contribution is -2.51. The molecule has 0 spiro atoms. The molecule has 2 fully saturated rings. The van der Waals surface area contributed by atoms with Gasteiger partial charge in [0.25, 0.3) is 10.2 Å². The Hall–Kier alpha value is -2.85. The van der Waals surface area contributed by atoms with Crippen molar-refractivity contribution in [2.24, 2.45) is 5.73 Å². The molecule has 3 heterocycles. The fraction of sp³-hybridized carbons (Fsp3) is 0.478. The number of hydrogen-bond acceptors (Lipinski definition) is 8. The van der Waals surface area contributed by atoms with Gasteiger partial charge >= 0.3 is 12.1 Å². The SMILES string of the molecule is NC(OC(=O)C(F)(F)F)c1ccnc(OCC2CC(c3ccc(F)cc3)CN2S(=O)(=O)N2CCOCC2)c1. The van der Waals surface area contributed by atoms with Crippen molar-refractivity contribution in [2.75, 3.05) is 39.5 Å². The standard InChI is InChI=1S/C23H26F4N4O6S/c24-18-3-1-15(2-4-18)17-11-19(31(13-17)38(33,34)30-7-9-35-10-8-30)14-36-20-12-16(5-6-29-20)21(28)37-22(32)23(25,26)27/h1-6,12,17,19,21H,7-11,13-14,28H2. The van der Waals surface area contributed by atoms with Gasteiger partial charge in [-0.25, -0.2) is 14.2 Å². The number of nitrogens with two attached hydrogens (primary N) is 1. The Kier molecular flexibility index (Phi) is 8.52. The number of esters is 1. The van der Waals surface area contributed by atoms with Gasteiger partial charge < -0.3 is 14.2 Å². The van der Waals surface area contributed by atoms with Gasteiger partial charge in [0.1, 0.15) is 12.4 Å². The topological polar surface area (TPSA) is 124 Å². The number of rotatable bonds is 8. The molecule has 10 nitrogen and oxygen atoms in total. The maximum atomic E-state index is 13.5. The predicted octanol–water partition coefficient (Wildman–Crippen LogP) is 2.10. The third-order valence-electron chi connectivity index (χ3n) is 6.27. The zero-order chi connectivity index (χ0) is 27.5. The smallest absolute Gasteiger partial charge is 0.476 e. The van der Waals surface area contributed by atoms with Crippen LogP contribution in [0.4, 0.5) is 17.6 Å².